The van der Waals surface area contributed by atoms with Crippen LogP contribution in [-0.2, 0) is 9.53 Å². The molecule has 1 aromatic rings. The molecule has 2 heterocycles. The van der Waals surface area contributed by atoms with E-state index in [1.807, 2.05) is 4.90 Å². The first-order valence-corrected chi connectivity index (χ1v) is 7.28. The molecular weight excluding hydrogens is 299 g/mol. The Balaban J connectivity index is 1.83. The highest BCUT2D eigenvalue weighted by atomic mass is 35.5. The Morgan fingerprint density at radius 2 is 2.10 bits per heavy atom. The summed E-state index contributed by atoms with van der Waals surface area (Å²) in [4.78, 5) is 22.9. The molecule has 0 unspecified atom stereocenters. The van der Waals surface area contributed by atoms with Gasteiger partial charge in [-0.1, -0.05) is 11.6 Å². The molecule has 0 saturated carbocycles. The Kier molecular flexibility index (Phi) is 5.69. The van der Waals surface area contributed by atoms with Crippen molar-refractivity contribution in [3.8, 4) is 0 Å². The molecule has 2 rings (SSSR count). The van der Waals surface area contributed by atoms with Crippen molar-refractivity contribution < 1.29 is 13.9 Å². The van der Waals surface area contributed by atoms with Crippen molar-refractivity contribution in [3.05, 3.63) is 17.3 Å². The first-order valence-electron chi connectivity index (χ1n) is 6.90. The summed E-state index contributed by atoms with van der Waals surface area (Å²) in [5.74, 6) is -0.535. The number of anilines is 1. The summed E-state index contributed by atoms with van der Waals surface area (Å²) < 4.78 is 18.7. The van der Waals surface area contributed by atoms with Gasteiger partial charge in [0.2, 0.25) is 5.82 Å². The number of hydrogen-bond acceptors (Lipinski definition) is 6. The monoisotopic (exact) mass is 316 g/mol. The minimum atomic E-state index is -0.584. The maximum absolute atomic E-state index is 13.8. The number of carbonyl (C=O) groups is 1. The summed E-state index contributed by atoms with van der Waals surface area (Å²) in [6.07, 6.45) is 1.63. The van der Waals surface area contributed by atoms with Gasteiger partial charge in [0.05, 0.1) is 13.0 Å². The van der Waals surface area contributed by atoms with Gasteiger partial charge in [-0.3, -0.25) is 9.69 Å². The van der Waals surface area contributed by atoms with Crippen LogP contribution in [0.1, 0.15) is 13.3 Å². The largest absolute Gasteiger partial charge is 0.466 e. The van der Waals surface area contributed by atoms with Crippen LogP contribution >= 0.6 is 11.6 Å². The second-order valence-corrected chi connectivity index (χ2v) is 5.04. The van der Waals surface area contributed by atoms with Crippen LogP contribution in [0.15, 0.2) is 6.33 Å². The number of carbonyl (C=O) groups excluding carboxylic acids is 1. The van der Waals surface area contributed by atoms with Crippen molar-refractivity contribution in [2.24, 2.45) is 0 Å². The lowest BCUT2D eigenvalue weighted by Crippen LogP contribution is -2.47. The average Bonchev–Trinajstić information content (AvgIpc) is 2.49. The number of hydrogen-bond donors (Lipinski definition) is 0. The molecule has 0 atom stereocenters. The van der Waals surface area contributed by atoms with E-state index in [4.69, 9.17) is 16.3 Å². The lowest BCUT2D eigenvalue weighted by atomic mass is 10.3. The van der Waals surface area contributed by atoms with Crippen molar-refractivity contribution in [2.45, 2.75) is 13.3 Å². The van der Waals surface area contributed by atoms with E-state index >= 15 is 0 Å². The van der Waals surface area contributed by atoms with Crippen molar-refractivity contribution in [1.82, 2.24) is 14.9 Å². The zero-order chi connectivity index (χ0) is 15.2. The van der Waals surface area contributed by atoms with E-state index < -0.39 is 5.82 Å². The normalized spacial score (nSPS) is 16.0. The predicted molar refractivity (Wildman–Crippen MR) is 76.9 cm³/mol. The van der Waals surface area contributed by atoms with Crippen LogP contribution in [0.4, 0.5) is 10.2 Å². The molecule has 21 heavy (non-hydrogen) atoms. The fourth-order valence-electron chi connectivity index (χ4n) is 2.23. The molecule has 1 fully saturated rings. The van der Waals surface area contributed by atoms with Crippen LogP contribution < -0.4 is 4.90 Å². The summed E-state index contributed by atoms with van der Waals surface area (Å²) in [5.41, 5.74) is 0. The molecule has 0 bridgehead atoms. The van der Waals surface area contributed by atoms with Gasteiger partial charge in [-0.2, -0.15) is 4.39 Å². The zero-order valence-electron chi connectivity index (χ0n) is 11.9. The molecular formula is C13H18ClFN4O2. The van der Waals surface area contributed by atoms with E-state index in [1.54, 1.807) is 6.92 Å². The van der Waals surface area contributed by atoms with Gasteiger partial charge >= 0.3 is 5.97 Å². The molecule has 1 aliphatic heterocycles. The standard InChI is InChI=1S/C13H18ClFN4O2/c1-2-21-10(20)3-4-18-5-7-19(8-6-18)13-11(15)12(14)16-9-17-13/h9H,2-8H2,1H3. The fraction of sp³-hybridized carbons (Fsp3) is 0.615. The molecule has 1 saturated heterocycles. The van der Waals surface area contributed by atoms with Crippen LogP contribution in [0, 0.1) is 5.82 Å². The maximum Gasteiger partial charge on any atom is 0.307 e. The highest BCUT2D eigenvalue weighted by Gasteiger charge is 2.22. The van der Waals surface area contributed by atoms with Crippen LogP contribution in [-0.4, -0.2) is 60.2 Å². The summed E-state index contributed by atoms with van der Waals surface area (Å²) in [5, 5.41) is -0.162. The molecule has 1 aromatic heterocycles. The van der Waals surface area contributed by atoms with Gasteiger partial charge in [0, 0.05) is 32.7 Å². The molecule has 8 heteroatoms. The third kappa shape index (κ3) is 4.25. The molecule has 6 nitrogen and oxygen atoms in total. The van der Waals surface area contributed by atoms with Gasteiger partial charge in [-0.15, -0.1) is 0 Å². The molecule has 0 amide bonds. The minimum absolute atomic E-state index is 0.162. The van der Waals surface area contributed by atoms with E-state index in [0.29, 0.717) is 32.7 Å². The number of aromatic nitrogens is 2. The van der Waals surface area contributed by atoms with Crippen LogP contribution in [0.5, 0.6) is 0 Å². The Morgan fingerprint density at radius 3 is 2.76 bits per heavy atom. The van der Waals surface area contributed by atoms with E-state index in [1.165, 1.54) is 6.33 Å². The van der Waals surface area contributed by atoms with E-state index in [9.17, 15) is 9.18 Å². The topological polar surface area (TPSA) is 58.6 Å². The molecule has 1 aliphatic rings. The van der Waals surface area contributed by atoms with Crippen LogP contribution in [0.2, 0.25) is 5.15 Å². The third-order valence-electron chi connectivity index (χ3n) is 3.34. The lowest BCUT2D eigenvalue weighted by molar-refractivity contribution is -0.143. The molecule has 0 aliphatic carbocycles. The Labute approximate surface area is 127 Å². The molecule has 0 aromatic carbocycles. The molecule has 116 valence electrons. The molecule has 0 spiro atoms. The quantitative estimate of drug-likeness (QED) is 0.603. The maximum atomic E-state index is 13.8. The number of rotatable bonds is 5. The summed E-state index contributed by atoms with van der Waals surface area (Å²) in [7, 11) is 0. The van der Waals surface area contributed by atoms with Crippen molar-refractivity contribution in [1.29, 1.82) is 0 Å². The highest BCUT2D eigenvalue weighted by Crippen LogP contribution is 2.22. The second-order valence-electron chi connectivity index (χ2n) is 4.69. The van der Waals surface area contributed by atoms with E-state index in [0.717, 1.165) is 13.1 Å². The van der Waals surface area contributed by atoms with Crippen molar-refractivity contribution in [2.75, 3.05) is 44.2 Å². The SMILES string of the molecule is CCOC(=O)CCN1CCN(c2ncnc(Cl)c2F)CC1. The van der Waals surface area contributed by atoms with Gasteiger partial charge in [-0.25, -0.2) is 9.97 Å². The van der Waals surface area contributed by atoms with Gasteiger partial charge in [0.15, 0.2) is 11.0 Å². The van der Waals surface area contributed by atoms with E-state index in [2.05, 4.69) is 14.9 Å². The van der Waals surface area contributed by atoms with Crippen LogP contribution in [0.3, 0.4) is 0 Å². The minimum Gasteiger partial charge on any atom is -0.466 e. The third-order valence-corrected chi connectivity index (χ3v) is 3.60. The number of ether oxygens (including phenoxy) is 1. The first kappa shape index (κ1) is 15.9. The molecule has 0 radical (unpaired) electrons. The highest BCUT2D eigenvalue weighted by molar-refractivity contribution is 6.29. The number of halogens is 2. The summed E-state index contributed by atoms with van der Waals surface area (Å²) in [6.45, 7) is 5.58. The smallest absolute Gasteiger partial charge is 0.307 e. The fourth-order valence-corrected chi connectivity index (χ4v) is 2.35. The average molecular weight is 317 g/mol. The summed E-state index contributed by atoms with van der Waals surface area (Å²) >= 11 is 5.66. The summed E-state index contributed by atoms with van der Waals surface area (Å²) in [6, 6.07) is 0. The van der Waals surface area contributed by atoms with Crippen molar-refractivity contribution in [3.63, 3.8) is 0 Å². The van der Waals surface area contributed by atoms with Gasteiger partial charge in [0.25, 0.3) is 0 Å². The van der Waals surface area contributed by atoms with Gasteiger partial charge in [-0.05, 0) is 6.92 Å². The van der Waals surface area contributed by atoms with E-state index in [-0.39, 0.29) is 16.9 Å². The number of esters is 1. The Morgan fingerprint density at radius 1 is 1.38 bits per heavy atom. The predicted octanol–water partition coefficient (Wildman–Crippen LogP) is 1.34. The first-order chi connectivity index (χ1) is 10.1. The Hall–Kier alpha value is -1.47. The van der Waals surface area contributed by atoms with Gasteiger partial charge < -0.3 is 9.64 Å². The van der Waals surface area contributed by atoms with Gasteiger partial charge in [0.1, 0.15) is 6.33 Å². The van der Waals surface area contributed by atoms with Crippen molar-refractivity contribution >= 4 is 23.4 Å². The number of nitrogens with zero attached hydrogens (tertiary/aromatic N) is 4. The van der Waals surface area contributed by atoms with Crippen LogP contribution in [0.25, 0.3) is 0 Å². The zero-order valence-corrected chi connectivity index (χ0v) is 12.6. The number of piperazine rings is 1. The lowest BCUT2D eigenvalue weighted by Gasteiger charge is -2.35. The second kappa shape index (κ2) is 7.51. The Bertz CT molecular complexity index is 495. The molecule has 0 N–H and O–H groups in total.